The molecule has 0 aliphatic carbocycles. The highest BCUT2D eigenvalue weighted by Gasteiger charge is 2.25. The molecule has 0 spiro atoms. The van der Waals surface area contributed by atoms with Gasteiger partial charge in [-0.15, -0.1) is 11.3 Å². The van der Waals surface area contributed by atoms with E-state index in [0.717, 1.165) is 17.7 Å². The van der Waals surface area contributed by atoms with Gasteiger partial charge in [-0.2, -0.15) is 0 Å². The lowest BCUT2D eigenvalue weighted by Gasteiger charge is -2.20. The molecule has 0 unspecified atom stereocenters. The van der Waals surface area contributed by atoms with E-state index in [1.165, 1.54) is 11.3 Å². The van der Waals surface area contributed by atoms with Crippen molar-refractivity contribution >= 4 is 33.2 Å². The number of rotatable bonds is 2. The summed E-state index contributed by atoms with van der Waals surface area (Å²) in [6.07, 6.45) is 1.77. The first-order valence-electron chi connectivity index (χ1n) is 4.65. The summed E-state index contributed by atoms with van der Waals surface area (Å²) >= 11 is 4.65. The number of ether oxygens (including phenoxy) is 1. The number of halogens is 1. The molecule has 2 rings (SSSR count). The van der Waals surface area contributed by atoms with Crippen LogP contribution in [0.1, 0.15) is 34.1 Å². The third kappa shape index (κ3) is 2.38. The minimum Gasteiger partial charge on any atom is -0.476 e. The van der Waals surface area contributed by atoms with Crippen molar-refractivity contribution in [2.75, 3.05) is 13.2 Å². The molecule has 0 radical (unpaired) electrons. The second-order valence-electron chi connectivity index (χ2n) is 3.37. The van der Waals surface area contributed by atoms with Crippen LogP contribution in [-0.4, -0.2) is 29.3 Å². The van der Waals surface area contributed by atoms with Crippen LogP contribution in [0.25, 0.3) is 0 Å². The van der Waals surface area contributed by atoms with Gasteiger partial charge in [0.15, 0.2) is 9.61 Å². The van der Waals surface area contributed by atoms with Crippen LogP contribution in [-0.2, 0) is 4.74 Å². The van der Waals surface area contributed by atoms with E-state index in [1.807, 2.05) is 0 Å². The molecule has 1 fully saturated rings. The zero-order valence-electron chi connectivity index (χ0n) is 7.90. The zero-order chi connectivity index (χ0) is 10.8. The van der Waals surface area contributed by atoms with E-state index in [-0.39, 0.29) is 11.6 Å². The number of aromatic carboxylic acids is 1. The fourth-order valence-corrected chi connectivity index (χ4v) is 3.35. The molecule has 1 aliphatic rings. The largest absolute Gasteiger partial charge is 0.476 e. The third-order valence-electron chi connectivity index (χ3n) is 2.42. The lowest BCUT2D eigenvalue weighted by molar-refractivity contribution is 0.0680. The molecule has 0 bridgehead atoms. The predicted molar refractivity (Wildman–Crippen MR) is 59.6 cm³/mol. The maximum absolute atomic E-state index is 11.0. The van der Waals surface area contributed by atoms with Crippen molar-refractivity contribution in [1.82, 2.24) is 4.98 Å². The van der Waals surface area contributed by atoms with Gasteiger partial charge in [-0.25, -0.2) is 9.78 Å². The number of thiazole rings is 1. The Morgan fingerprint density at radius 2 is 2.20 bits per heavy atom. The summed E-state index contributed by atoms with van der Waals surface area (Å²) in [5.41, 5.74) is 0.193. The number of carboxylic acids is 1. The monoisotopic (exact) mass is 291 g/mol. The number of carboxylic acid groups (broad SMARTS) is 1. The van der Waals surface area contributed by atoms with Crippen molar-refractivity contribution in [2.24, 2.45) is 0 Å². The summed E-state index contributed by atoms with van der Waals surface area (Å²) in [5, 5.41) is 9.00. The van der Waals surface area contributed by atoms with Crippen molar-refractivity contribution in [3.63, 3.8) is 0 Å². The zero-order valence-corrected chi connectivity index (χ0v) is 10.3. The van der Waals surface area contributed by atoms with E-state index >= 15 is 0 Å². The number of carbonyl (C=O) groups is 1. The SMILES string of the molecule is O=C(O)c1nc(Br)sc1C1CCOCC1. The average Bonchev–Trinajstić information content (AvgIpc) is 2.62. The van der Waals surface area contributed by atoms with Crippen LogP contribution in [0.15, 0.2) is 3.92 Å². The third-order valence-corrected chi connectivity index (χ3v) is 4.09. The first-order valence-corrected chi connectivity index (χ1v) is 6.26. The molecule has 0 aromatic carbocycles. The smallest absolute Gasteiger partial charge is 0.355 e. The quantitative estimate of drug-likeness (QED) is 0.909. The number of aromatic nitrogens is 1. The van der Waals surface area contributed by atoms with E-state index in [4.69, 9.17) is 9.84 Å². The van der Waals surface area contributed by atoms with Crippen LogP contribution in [0, 0.1) is 0 Å². The van der Waals surface area contributed by atoms with Crippen molar-refractivity contribution in [2.45, 2.75) is 18.8 Å². The highest BCUT2D eigenvalue weighted by atomic mass is 79.9. The Kier molecular flexibility index (Phi) is 3.38. The van der Waals surface area contributed by atoms with Crippen LogP contribution >= 0.6 is 27.3 Å². The average molecular weight is 292 g/mol. The Labute approximate surface area is 99.4 Å². The number of nitrogens with zero attached hydrogens (tertiary/aromatic N) is 1. The Balaban J connectivity index is 2.28. The Morgan fingerprint density at radius 3 is 2.80 bits per heavy atom. The van der Waals surface area contributed by atoms with Gasteiger partial charge in [-0.3, -0.25) is 0 Å². The van der Waals surface area contributed by atoms with Crippen LogP contribution < -0.4 is 0 Å². The molecule has 1 saturated heterocycles. The normalized spacial score (nSPS) is 17.9. The van der Waals surface area contributed by atoms with Crippen molar-refractivity contribution in [1.29, 1.82) is 0 Å². The van der Waals surface area contributed by atoms with Gasteiger partial charge >= 0.3 is 5.97 Å². The van der Waals surface area contributed by atoms with Gasteiger partial charge in [0.25, 0.3) is 0 Å². The lowest BCUT2D eigenvalue weighted by Crippen LogP contribution is -2.15. The fraction of sp³-hybridized carbons (Fsp3) is 0.556. The second-order valence-corrected chi connectivity index (χ2v) is 5.68. The summed E-state index contributed by atoms with van der Waals surface area (Å²) in [4.78, 5) is 15.8. The molecule has 0 atom stereocenters. The highest BCUT2D eigenvalue weighted by molar-refractivity contribution is 9.11. The van der Waals surface area contributed by atoms with E-state index in [1.54, 1.807) is 0 Å². The summed E-state index contributed by atoms with van der Waals surface area (Å²) in [5.74, 6) is -0.660. The molecular formula is C9H10BrNO3S. The first kappa shape index (κ1) is 11.0. The van der Waals surface area contributed by atoms with Crippen molar-refractivity contribution in [3.05, 3.63) is 14.5 Å². The standard InChI is InChI=1S/C9H10BrNO3S/c10-9-11-6(8(12)13)7(15-9)5-1-3-14-4-2-5/h5H,1-4H2,(H,12,13). The van der Waals surface area contributed by atoms with Gasteiger partial charge in [0.05, 0.1) is 0 Å². The molecule has 2 heterocycles. The first-order chi connectivity index (χ1) is 7.18. The Bertz CT molecular complexity index is 373. The molecule has 82 valence electrons. The summed E-state index contributed by atoms with van der Waals surface area (Å²) in [7, 11) is 0. The van der Waals surface area contributed by atoms with E-state index in [2.05, 4.69) is 20.9 Å². The van der Waals surface area contributed by atoms with Gasteiger partial charge in [0, 0.05) is 24.0 Å². The molecule has 0 amide bonds. The van der Waals surface area contributed by atoms with Crippen LogP contribution in [0.3, 0.4) is 0 Å². The topological polar surface area (TPSA) is 59.4 Å². The molecule has 1 aliphatic heterocycles. The minimum atomic E-state index is -0.946. The highest BCUT2D eigenvalue weighted by Crippen LogP contribution is 2.35. The minimum absolute atomic E-state index is 0.193. The van der Waals surface area contributed by atoms with Gasteiger partial charge in [0.2, 0.25) is 0 Å². The lowest BCUT2D eigenvalue weighted by atomic mass is 9.97. The molecule has 15 heavy (non-hydrogen) atoms. The van der Waals surface area contributed by atoms with Crippen LogP contribution in [0.4, 0.5) is 0 Å². The number of hydrogen-bond acceptors (Lipinski definition) is 4. The molecule has 1 N–H and O–H groups in total. The van der Waals surface area contributed by atoms with Gasteiger partial charge < -0.3 is 9.84 Å². The molecule has 1 aromatic rings. The summed E-state index contributed by atoms with van der Waals surface area (Å²) in [6.45, 7) is 1.42. The predicted octanol–water partition coefficient (Wildman–Crippen LogP) is 2.50. The van der Waals surface area contributed by atoms with Crippen LogP contribution in [0.5, 0.6) is 0 Å². The Morgan fingerprint density at radius 1 is 1.53 bits per heavy atom. The van der Waals surface area contributed by atoms with Crippen LogP contribution in [0.2, 0.25) is 0 Å². The summed E-state index contributed by atoms with van der Waals surface area (Å²) < 4.78 is 5.89. The number of hydrogen-bond donors (Lipinski definition) is 1. The molecule has 4 nitrogen and oxygen atoms in total. The molecule has 0 saturated carbocycles. The molecule has 1 aromatic heterocycles. The van der Waals surface area contributed by atoms with Gasteiger partial charge in [-0.1, -0.05) is 0 Å². The van der Waals surface area contributed by atoms with E-state index in [9.17, 15) is 4.79 Å². The Hall–Kier alpha value is -0.460. The molecular weight excluding hydrogens is 282 g/mol. The van der Waals surface area contributed by atoms with Gasteiger partial charge in [-0.05, 0) is 28.8 Å². The van der Waals surface area contributed by atoms with Gasteiger partial charge in [0.1, 0.15) is 0 Å². The maximum atomic E-state index is 11.0. The van der Waals surface area contributed by atoms with Crippen molar-refractivity contribution in [3.8, 4) is 0 Å². The van der Waals surface area contributed by atoms with Crippen molar-refractivity contribution < 1.29 is 14.6 Å². The summed E-state index contributed by atoms with van der Waals surface area (Å²) in [6, 6.07) is 0. The van der Waals surface area contributed by atoms with E-state index < -0.39 is 5.97 Å². The fourth-order valence-electron chi connectivity index (χ4n) is 1.69. The molecule has 6 heteroatoms. The maximum Gasteiger partial charge on any atom is 0.355 e. The van der Waals surface area contributed by atoms with E-state index in [0.29, 0.717) is 17.1 Å². The second kappa shape index (κ2) is 4.59.